The lowest BCUT2D eigenvalue weighted by atomic mass is 10.3. The number of anilines is 1. The largest absolute Gasteiger partial charge is 0.370 e. The van der Waals surface area contributed by atoms with Crippen LogP contribution >= 0.6 is 0 Å². The second-order valence-electron chi connectivity index (χ2n) is 3.76. The second-order valence-corrected chi connectivity index (χ2v) is 3.76. The molecule has 0 aromatic carbocycles. The molecular weight excluding hydrogens is 228 g/mol. The minimum absolute atomic E-state index is 0.129. The van der Waals surface area contributed by atoms with Gasteiger partial charge < -0.3 is 10.2 Å². The van der Waals surface area contributed by atoms with E-state index in [-0.39, 0.29) is 5.91 Å². The highest BCUT2D eigenvalue weighted by atomic mass is 16.2. The molecular formula is C13H18N4O. The number of carbonyl (C=O) groups is 1. The van der Waals surface area contributed by atoms with E-state index in [4.69, 9.17) is 5.26 Å². The molecule has 0 aliphatic carbocycles. The number of carbonyl (C=O) groups excluding carboxylic acids is 1. The fourth-order valence-electron chi connectivity index (χ4n) is 1.63. The normalized spacial score (nSPS) is 9.61. The molecule has 0 aliphatic rings. The zero-order valence-corrected chi connectivity index (χ0v) is 10.8. The van der Waals surface area contributed by atoms with Crippen molar-refractivity contribution in [2.24, 2.45) is 0 Å². The summed E-state index contributed by atoms with van der Waals surface area (Å²) in [6, 6.07) is 7.17. The van der Waals surface area contributed by atoms with Gasteiger partial charge in [0, 0.05) is 26.1 Å². The third-order valence-corrected chi connectivity index (χ3v) is 2.62. The van der Waals surface area contributed by atoms with Crippen LogP contribution in [0.15, 0.2) is 18.2 Å². The number of nitrogens with zero attached hydrogens (tertiary/aromatic N) is 3. The summed E-state index contributed by atoms with van der Waals surface area (Å²) in [5, 5.41) is 11.8. The number of rotatable bonds is 6. The van der Waals surface area contributed by atoms with E-state index in [0.29, 0.717) is 24.5 Å². The average Bonchev–Trinajstić information content (AvgIpc) is 2.40. The average molecular weight is 246 g/mol. The lowest BCUT2D eigenvalue weighted by Gasteiger charge is -2.18. The molecule has 0 radical (unpaired) electrons. The zero-order valence-electron chi connectivity index (χ0n) is 10.8. The van der Waals surface area contributed by atoms with Gasteiger partial charge in [0.1, 0.15) is 17.6 Å². The van der Waals surface area contributed by atoms with E-state index in [0.717, 1.165) is 13.1 Å². The number of hydrogen-bond donors (Lipinski definition) is 1. The van der Waals surface area contributed by atoms with Gasteiger partial charge in [0.15, 0.2) is 0 Å². The first kappa shape index (κ1) is 14.0. The number of amides is 1. The van der Waals surface area contributed by atoms with E-state index < -0.39 is 0 Å². The molecule has 96 valence electrons. The molecule has 1 rings (SSSR count). The summed E-state index contributed by atoms with van der Waals surface area (Å²) in [4.78, 5) is 17.6. The first-order valence-electron chi connectivity index (χ1n) is 6.10. The van der Waals surface area contributed by atoms with Crippen LogP contribution in [0.1, 0.15) is 26.0 Å². The Morgan fingerprint density at radius 2 is 2.17 bits per heavy atom. The maximum atomic E-state index is 11.7. The predicted octanol–water partition coefficient (Wildman–Crippen LogP) is 1.62. The third kappa shape index (κ3) is 4.06. The summed E-state index contributed by atoms with van der Waals surface area (Å²) in [7, 11) is 0. The lowest BCUT2D eigenvalue weighted by molar-refractivity contribution is -0.130. The van der Waals surface area contributed by atoms with Crippen LogP contribution in [0, 0.1) is 11.3 Å². The molecule has 5 heteroatoms. The molecule has 5 nitrogen and oxygen atoms in total. The Balaban J connectivity index is 2.42. The lowest BCUT2D eigenvalue weighted by Crippen LogP contribution is -2.31. The van der Waals surface area contributed by atoms with Gasteiger partial charge in [0.25, 0.3) is 0 Å². The standard InChI is InChI=1S/C13H18N4O/c1-3-17(4-2)13(18)8-9-15-12-7-5-6-11(10-14)16-12/h5-7H,3-4,8-9H2,1-2H3,(H,15,16). The van der Waals surface area contributed by atoms with E-state index in [1.165, 1.54) is 0 Å². The van der Waals surface area contributed by atoms with Crippen molar-refractivity contribution in [3.05, 3.63) is 23.9 Å². The maximum Gasteiger partial charge on any atom is 0.224 e. The summed E-state index contributed by atoms with van der Waals surface area (Å²) < 4.78 is 0. The maximum absolute atomic E-state index is 11.7. The van der Waals surface area contributed by atoms with Crippen LogP contribution in [-0.4, -0.2) is 35.4 Å². The quantitative estimate of drug-likeness (QED) is 0.828. The van der Waals surface area contributed by atoms with Crippen LogP contribution in [-0.2, 0) is 4.79 Å². The van der Waals surface area contributed by atoms with Crippen molar-refractivity contribution < 1.29 is 4.79 Å². The van der Waals surface area contributed by atoms with E-state index in [1.54, 1.807) is 23.1 Å². The molecule has 0 fully saturated rings. The molecule has 0 saturated carbocycles. The van der Waals surface area contributed by atoms with E-state index in [2.05, 4.69) is 10.3 Å². The summed E-state index contributed by atoms with van der Waals surface area (Å²) in [6.07, 6.45) is 0.431. The Morgan fingerprint density at radius 1 is 1.44 bits per heavy atom. The highest BCUT2D eigenvalue weighted by Crippen LogP contribution is 2.04. The summed E-state index contributed by atoms with van der Waals surface area (Å²) >= 11 is 0. The van der Waals surface area contributed by atoms with Gasteiger partial charge in [0.2, 0.25) is 5.91 Å². The van der Waals surface area contributed by atoms with Gasteiger partial charge in [-0.05, 0) is 26.0 Å². The topological polar surface area (TPSA) is 69.0 Å². The molecule has 1 amide bonds. The molecule has 1 aromatic rings. The van der Waals surface area contributed by atoms with Crippen LogP contribution in [0.5, 0.6) is 0 Å². The van der Waals surface area contributed by atoms with Crippen molar-refractivity contribution in [3.8, 4) is 6.07 Å². The fraction of sp³-hybridized carbons (Fsp3) is 0.462. The Morgan fingerprint density at radius 3 is 2.78 bits per heavy atom. The van der Waals surface area contributed by atoms with Gasteiger partial charge in [-0.15, -0.1) is 0 Å². The number of nitrogens with one attached hydrogen (secondary N) is 1. The number of aromatic nitrogens is 1. The molecule has 0 atom stereocenters. The summed E-state index contributed by atoms with van der Waals surface area (Å²) in [5.41, 5.74) is 0.370. The van der Waals surface area contributed by atoms with Gasteiger partial charge in [-0.2, -0.15) is 5.26 Å². The first-order valence-corrected chi connectivity index (χ1v) is 6.10. The molecule has 0 bridgehead atoms. The second kappa shape index (κ2) is 7.28. The fourth-order valence-corrected chi connectivity index (χ4v) is 1.63. The molecule has 0 saturated heterocycles. The van der Waals surface area contributed by atoms with Crippen LogP contribution in [0.2, 0.25) is 0 Å². The van der Waals surface area contributed by atoms with Crippen molar-refractivity contribution in [1.29, 1.82) is 5.26 Å². The van der Waals surface area contributed by atoms with Gasteiger partial charge in [0.05, 0.1) is 0 Å². The van der Waals surface area contributed by atoms with Crippen molar-refractivity contribution in [2.45, 2.75) is 20.3 Å². The van der Waals surface area contributed by atoms with Gasteiger partial charge >= 0.3 is 0 Å². The van der Waals surface area contributed by atoms with Crippen molar-refractivity contribution in [2.75, 3.05) is 25.0 Å². The minimum Gasteiger partial charge on any atom is -0.370 e. The van der Waals surface area contributed by atoms with Crippen molar-refractivity contribution in [3.63, 3.8) is 0 Å². The van der Waals surface area contributed by atoms with E-state index >= 15 is 0 Å². The highest BCUT2D eigenvalue weighted by molar-refractivity contribution is 5.76. The van der Waals surface area contributed by atoms with Crippen LogP contribution in [0.3, 0.4) is 0 Å². The Labute approximate surface area is 107 Å². The van der Waals surface area contributed by atoms with Gasteiger partial charge in [-0.1, -0.05) is 6.07 Å². The molecule has 0 spiro atoms. The highest BCUT2D eigenvalue weighted by Gasteiger charge is 2.08. The molecule has 1 N–H and O–H groups in total. The smallest absolute Gasteiger partial charge is 0.224 e. The molecule has 0 aliphatic heterocycles. The monoisotopic (exact) mass is 246 g/mol. The number of pyridine rings is 1. The Hall–Kier alpha value is -2.09. The van der Waals surface area contributed by atoms with Gasteiger partial charge in [-0.3, -0.25) is 4.79 Å². The minimum atomic E-state index is 0.129. The SMILES string of the molecule is CCN(CC)C(=O)CCNc1cccc(C#N)n1. The Bertz CT molecular complexity index is 435. The molecule has 18 heavy (non-hydrogen) atoms. The first-order chi connectivity index (χ1) is 8.71. The molecule has 0 unspecified atom stereocenters. The van der Waals surface area contributed by atoms with Gasteiger partial charge in [-0.25, -0.2) is 4.98 Å². The van der Waals surface area contributed by atoms with Crippen LogP contribution < -0.4 is 5.32 Å². The van der Waals surface area contributed by atoms with Crippen molar-refractivity contribution in [1.82, 2.24) is 9.88 Å². The molecule has 1 heterocycles. The third-order valence-electron chi connectivity index (χ3n) is 2.62. The summed E-state index contributed by atoms with van der Waals surface area (Å²) in [5.74, 6) is 0.755. The number of nitriles is 1. The Kier molecular flexibility index (Phi) is 5.65. The van der Waals surface area contributed by atoms with Crippen LogP contribution in [0.25, 0.3) is 0 Å². The molecule has 1 aromatic heterocycles. The van der Waals surface area contributed by atoms with Crippen molar-refractivity contribution >= 4 is 11.7 Å². The predicted molar refractivity (Wildman–Crippen MR) is 70.0 cm³/mol. The zero-order chi connectivity index (χ0) is 13.4. The van der Waals surface area contributed by atoms with E-state index in [1.807, 2.05) is 19.9 Å². The number of hydrogen-bond acceptors (Lipinski definition) is 4. The van der Waals surface area contributed by atoms with Crippen LogP contribution in [0.4, 0.5) is 5.82 Å². The van der Waals surface area contributed by atoms with E-state index in [9.17, 15) is 4.79 Å². The summed E-state index contributed by atoms with van der Waals surface area (Å²) in [6.45, 7) is 5.92.